The van der Waals surface area contributed by atoms with Crippen LogP contribution in [0.4, 0.5) is 0 Å². The smallest absolute Gasteiger partial charge is 0.240 e. The van der Waals surface area contributed by atoms with Gasteiger partial charge in [0.05, 0.1) is 10.6 Å². The lowest BCUT2D eigenvalue weighted by Gasteiger charge is -2.05. The number of halogens is 1. The highest BCUT2D eigenvalue weighted by Crippen LogP contribution is 2.13. The maximum Gasteiger partial charge on any atom is 0.240 e. The Hall–Kier alpha value is -1.37. The molecule has 0 unspecified atom stereocenters. The molecule has 1 aromatic heterocycles. The van der Waals surface area contributed by atoms with E-state index in [9.17, 15) is 8.42 Å². The normalized spacial score (nSPS) is 11.6. The predicted molar refractivity (Wildman–Crippen MR) is 66.8 cm³/mol. The van der Waals surface area contributed by atoms with Crippen LogP contribution in [0.5, 0.6) is 0 Å². The van der Waals surface area contributed by atoms with Gasteiger partial charge in [-0.05, 0) is 24.3 Å². The maximum absolute atomic E-state index is 11.9. The van der Waals surface area contributed by atoms with Crippen molar-refractivity contribution in [2.45, 2.75) is 11.3 Å². The molecule has 96 valence electrons. The minimum atomic E-state index is -3.50. The summed E-state index contributed by atoms with van der Waals surface area (Å²) >= 11 is 5.70. The first-order valence-electron chi connectivity index (χ1n) is 5.20. The van der Waals surface area contributed by atoms with Gasteiger partial charge in [0.15, 0.2) is 6.39 Å². The summed E-state index contributed by atoms with van der Waals surface area (Å²) < 4.78 is 31.0. The van der Waals surface area contributed by atoms with Crippen molar-refractivity contribution in [2.24, 2.45) is 0 Å². The summed E-state index contributed by atoms with van der Waals surface area (Å²) in [6.45, 7) is 0.261. The number of hydrogen-bond acceptors (Lipinski definition) is 4. The van der Waals surface area contributed by atoms with Crippen LogP contribution < -0.4 is 4.72 Å². The first-order valence-corrected chi connectivity index (χ1v) is 7.06. The molecule has 18 heavy (non-hydrogen) atoms. The molecular formula is C11H11ClN2O3S. The Bertz CT molecular complexity index is 594. The van der Waals surface area contributed by atoms with Gasteiger partial charge in [-0.15, -0.1) is 0 Å². The van der Waals surface area contributed by atoms with E-state index in [1.54, 1.807) is 0 Å². The molecule has 1 N–H and O–H groups in total. The Labute approximate surface area is 110 Å². The van der Waals surface area contributed by atoms with Gasteiger partial charge in [-0.25, -0.2) is 18.1 Å². The highest BCUT2D eigenvalue weighted by atomic mass is 35.5. The van der Waals surface area contributed by atoms with Crippen molar-refractivity contribution in [3.05, 3.63) is 47.6 Å². The summed E-state index contributed by atoms with van der Waals surface area (Å²) in [6.07, 6.45) is 3.27. The third kappa shape index (κ3) is 3.32. The second-order valence-electron chi connectivity index (χ2n) is 3.58. The second-order valence-corrected chi connectivity index (χ2v) is 5.78. The fourth-order valence-corrected chi connectivity index (χ4v) is 2.53. The second kappa shape index (κ2) is 5.51. The van der Waals surface area contributed by atoms with Crippen molar-refractivity contribution in [1.82, 2.24) is 9.71 Å². The van der Waals surface area contributed by atoms with Gasteiger partial charge in [0.2, 0.25) is 10.0 Å². The topological polar surface area (TPSA) is 72.2 Å². The molecule has 0 saturated heterocycles. The average molecular weight is 287 g/mol. The zero-order valence-corrected chi connectivity index (χ0v) is 10.9. The van der Waals surface area contributed by atoms with Crippen LogP contribution in [0.1, 0.15) is 5.69 Å². The van der Waals surface area contributed by atoms with Crippen LogP contribution in [0.3, 0.4) is 0 Å². The molecule has 0 atom stereocenters. The lowest BCUT2D eigenvalue weighted by molar-refractivity contribution is 0.555. The molecule has 2 aromatic rings. The van der Waals surface area contributed by atoms with Crippen LogP contribution in [-0.4, -0.2) is 19.9 Å². The number of aromatic nitrogens is 1. The molecular weight excluding hydrogens is 276 g/mol. The molecule has 1 aromatic carbocycles. The Morgan fingerprint density at radius 3 is 2.61 bits per heavy atom. The quantitative estimate of drug-likeness (QED) is 0.910. The summed E-state index contributed by atoms with van der Waals surface area (Å²) in [5.41, 5.74) is 0.703. The highest BCUT2D eigenvalue weighted by Gasteiger charge is 2.13. The number of nitrogens with one attached hydrogen (secondary N) is 1. The van der Waals surface area contributed by atoms with Crippen molar-refractivity contribution >= 4 is 21.6 Å². The van der Waals surface area contributed by atoms with Gasteiger partial charge in [0.1, 0.15) is 6.26 Å². The Morgan fingerprint density at radius 2 is 2.00 bits per heavy atom. The largest absolute Gasteiger partial charge is 0.451 e. The van der Waals surface area contributed by atoms with Gasteiger partial charge in [0.25, 0.3) is 0 Å². The van der Waals surface area contributed by atoms with Crippen molar-refractivity contribution in [2.75, 3.05) is 6.54 Å². The van der Waals surface area contributed by atoms with Gasteiger partial charge >= 0.3 is 0 Å². The van der Waals surface area contributed by atoms with Crippen LogP contribution in [0.25, 0.3) is 0 Å². The van der Waals surface area contributed by atoms with E-state index in [1.807, 2.05) is 0 Å². The number of sulfonamides is 1. The average Bonchev–Trinajstić information content (AvgIpc) is 2.82. The molecule has 0 saturated carbocycles. The molecule has 0 spiro atoms. The van der Waals surface area contributed by atoms with Gasteiger partial charge in [-0.3, -0.25) is 0 Å². The van der Waals surface area contributed by atoms with Crippen LogP contribution in [0.15, 0.2) is 46.2 Å². The van der Waals surface area contributed by atoms with Gasteiger partial charge in [-0.2, -0.15) is 0 Å². The summed E-state index contributed by atoms with van der Waals surface area (Å²) in [4.78, 5) is 4.09. The first kappa shape index (κ1) is 13.1. The van der Waals surface area contributed by atoms with Gasteiger partial charge in [0, 0.05) is 18.0 Å². The summed E-state index contributed by atoms with van der Waals surface area (Å²) in [6, 6.07) is 5.99. The minimum Gasteiger partial charge on any atom is -0.451 e. The van der Waals surface area contributed by atoms with E-state index < -0.39 is 10.0 Å². The lowest BCUT2D eigenvalue weighted by Crippen LogP contribution is -2.26. The van der Waals surface area contributed by atoms with Crippen molar-refractivity contribution in [3.63, 3.8) is 0 Å². The van der Waals surface area contributed by atoms with Crippen molar-refractivity contribution < 1.29 is 12.8 Å². The molecule has 0 radical (unpaired) electrons. The fourth-order valence-electron chi connectivity index (χ4n) is 1.37. The zero-order chi connectivity index (χ0) is 13.0. The van der Waals surface area contributed by atoms with Crippen LogP contribution in [0.2, 0.25) is 5.02 Å². The molecule has 1 heterocycles. The Balaban J connectivity index is 1.97. The SMILES string of the molecule is O=S(=O)(NCCc1cocn1)c1ccc(Cl)cc1. The van der Waals surface area contributed by atoms with Crippen LogP contribution >= 0.6 is 11.6 Å². The monoisotopic (exact) mass is 286 g/mol. The summed E-state index contributed by atoms with van der Waals surface area (Å²) in [5.74, 6) is 0. The maximum atomic E-state index is 11.9. The van der Waals surface area contributed by atoms with Crippen LogP contribution in [-0.2, 0) is 16.4 Å². The van der Waals surface area contributed by atoms with E-state index >= 15 is 0 Å². The van der Waals surface area contributed by atoms with E-state index in [4.69, 9.17) is 16.0 Å². The third-order valence-corrected chi connectivity index (χ3v) is 4.01. The number of benzene rings is 1. The molecule has 2 rings (SSSR count). The van der Waals surface area contributed by atoms with E-state index in [0.29, 0.717) is 17.1 Å². The van der Waals surface area contributed by atoms with E-state index in [-0.39, 0.29) is 11.4 Å². The van der Waals surface area contributed by atoms with E-state index in [2.05, 4.69) is 9.71 Å². The fraction of sp³-hybridized carbons (Fsp3) is 0.182. The zero-order valence-electron chi connectivity index (χ0n) is 9.34. The number of oxazole rings is 1. The third-order valence-electron chi connectivity index (χ3n) is 2.28. The predicted octanol–water partition coefficient (Wildman–Crippen LogP) is 1.85. The lowest BCUT2D eigenvalue weighted by atomic mass is 10.3. The van der Waals surface area contributed by atoms with Crippen molar-refractivity contribution in [1.29, 1.82) is 0 Å². The molecule has 5 nitrogen and oxygen atoms in total. The highest BCUT2D eigenvalue weighted by molar-refractivity contribution is 7.89. The number of hydrogen-bond donors (Lipinski definition) is 1. The standard InChI is InChI=1S/C11H11ClN2O3S/c12-9-1-3-11(4-2-9)18(15,16)14-6-5-10-7-17-8-13-10/h1-4,7-8,14H,5-6H2. The van der Waals surface area contributed by atoms with Crippen molar-refractivity contribution in [3.8, 4) is 0 Å². The van der Waals surface area contributed by atoms with Gasteiger partial charge in [-0.1, -0.05) is 11.6 Å². The molecule has 0 amide bonds. The molecule has 0 bridgehead atoms. The minimum absolute atomic E-state index is 0.187. The number of rotatable bonds is 5. The first-order chi connectivity index (χ1) is 8.58. The van der Waals surface area contributed by atoms with Crippen LogP contribution in [0, 0.1) is 0 Å². The molecule has 7 heteroatoms. The molecule has 0 aliphatic carbocycles. The Morgan fingerprint density at radius 1 is 1.28 bits per heavy atom. The number of nitrogens with zero attached hydrogens (tertiary/aromatic N) is 1. The Kier molecular flexibility index (Phi) is 4.00. The summed E-state index contributed by atoms with van der Waals surface area (Å²) in [5, 5.41) is 0.497. The molecule has 0 fully saturated rings. The summed E-state index contributed by atoms with van der Waals surface area (Å²) in [7, 11) is -3.50. The molecule has 0 aliphatic rings. The van der Waals surface area contributed by atoms with E-state index in [1.165, 1.54) is 36.9 Å². The molecule has 0 aliphatic heterocycles. The van der Waals surface area contributed by atoms with Gasteiger partial charge < -0.3 is 4.42 Å². The van der Waals surface area contributed by atoms with E-state index in [0.717, 1.165) is 0 Å².